The molecule has 30 heavy (non-hydrogen) atoms. The molecule has 160 valence electrons. The topological polar surface area (TPSA) is 105 Å². The fourth-order valence-corrected chi connectivity index (χ4v) is 3.01. The maximum atomic E-state index is 12.8. The van der Waals surface area contributed by atoms with E-state index in [0.29, 0.717) is 17.5 Å². The molecule has 0 bridgehead atoms. The van der Waals surface area contributed by atoms with Gasteiger partial charge in [-0.05, 0) is 23.6 Å². The smallest absolute Gasteiger partial charge is 0.328 e. The van der Waals surface area contributed by atoms with Crippen molar-refractivity contribution in [3.8, 4) is 0 Å². The molecule has 0 aliphatic carbocycles. The molecule has 2 rings (SSSR count). The van der Waals surface area contributed by atoms with E-state index in [1.165, 1.54) is 7.11 Å². The van der Waals surface area contributed by atoms with E-state index in [2.05, 4.69) is 10.6 Å². The molecular formula is C23H28N2O5. The molecule has 2 aromatic carbocycles. The number of methoxy groups -OCH3 is 1. The van der Waals surface area contributed by atoms with E-state index in [9.17, 15) is 19.5 Å². The molecular weight excluding hydrogens is 384 g/mol. The van der Waals surface area contributed by atoms with Crippen molar-refractivity contribution in [3.63, 3.8) is 0 Å². The van der Waals surface area contributed by atoms with Gasteiger partial charge in [-0.15, -0.1) is 0 Å². The molecule has 0 aliphatic heterocycles. The number of rotatable bonds is 9. The summed E-state index contributed by atoms with van der Waals surface area (Å²) >= 11 is 0. The molecule has 0 saturated heterocycles. The first kappa shape index (κ1) is 23.1. The SMILES string of the molecule is CC[C@H](C)[C@@H](NC(=O)[C@H](O)[C@@H](NC(=O)c1ccccc1)c1ccccc1)C(=O)OC. The van der Waals surface area contributed by atoms with Crippen LogP contribution in [0.4, 0.5) is 0 Å². The summed E-state index contributed by atoms with van der Waals surface area (Å²) in [5, 5.41) is 16.1. The van der Waals surface area contributed by atoms with Gasteiger partial charge in [0.15, 0.2) is 6.10 Å². The van der Waals surface area contributed by atoms with Crippen LogP contribution >= 0.6 is 0 Å². The van der Waals surface area contributed by atoms with Crippen molar-refractivity contribution in [2.24, 2.45) is 5.92 Å². The minimum atomic E-state index is -1.61. The number of hydrogen-bond donors (Lipinski definition) is 3. The van der Waals surface area contributed by atoms with E-state index in [1.807, 2.05) is 6.92 Å². The van der Waals surface area contributed by atoms with Crippen molar-refractivity contribution in [3.05, 3.63) is 71.8 Å². The third-order valence-corrected chi connectivity index (χ3v) is 5.03. The number of esters is 1. The lowest BCUT2D eigenvalue weighted by atomic mass is 9.96. The third-order valence-electron chi connectivity index (χ3n) is 5.03. The van der Waals surface area contributed by atoms with Crippen molar-refractivity contribution in [2.75, 3.05) is 7.11 Å². The van der Waals surface area contributed by atoms with E-state index in [0.717, 1.165) is 0 Å². The largest absolute Gasteiger partial charge is 0.467 e. The number of carbonyl (C=O) groups is 3. The predicted molar refractivity (Wildman–Crippen MR) is 112 cm³/mol. The van der Waals surface area contributed by atoms with Gasteiger partial charge in [-0.2, -0.15) is 0 Å². The van der Waals surface area contributed by atoms with Crippen molar-refractivity contribution >= 4 is 17.8 Å². The van der Waals surface area contributed by atoms with E-state index in [-0.39, 0.29) is 5.92 Å². The number of ether oxygens (including phenoxy) is 1. The number of carbonyl (C=O) groups excluding carboxylic acids is 3. The Hall–Kier alpha value is -3.19. The van der Waals surface area contributed by atoms with E-state index in [4.69, 9.17) is 4.74 Å². The molecule has 0 radical (unpaired) electrons. The van der Waals surface area contributed by atoms with Crippen LogP contribution in [0.5, 0.6) is 0 Å². The molecule has 2 aromatic rings. The number of nitrogens with one attached hydrogen (secondary N) is 2. The molecule has 0 aliphatic rings. The van der Waals surface area contributed by atoms with Gasteiger partial charge in [0.2, 0.25) is 0 Å². The van der Waals surface area contributed by atoms with Gasteiger partial charge in [0.25, 0.3) is 11.8 Å². The monoisotopic (exact) mass is 412 g/mol. The van der Waals surface area contributed by atoms with Crippen LogP contribution in [-0.4, -0.2) is 42.1 Å². The zero-order chi connectivity index (χ0) is 22.1. The Balaban J connectivity index is 2.25. The Morgan fingerprint density at radius 1 is 0.967 bits per heavy atom. The summed E-state index contributed by atoms with van der Waals surface area (Å²) in [6.07, 6.45) is -0.987. The molecule has 0 heterocycles. The van der Waals surface area contributed by atoms with E-state index < -0.39 is 36.0 Å². The Morgan fingerprint density at radius 2 is 1.53 bits per heavy atom. The number of benzene rings is 2. The number of aliphatic hydroxyl groups excluding tert-OH is 1. The highest BCUT2D eigenvalue weighted by molar-refractivity contribution is 5.95. The number of amides is 2. The van der Waals surface area contributed by atoms with Gasteiger partial charge < -0.3 is 20.5 Å². The lowest BCUT2D eigenvalue weighted by Crippen LogP contribution is -2.52. The molecule has 0 unspecified atom stereocenters. The molecule has 0 spiro atoms. The Labute approximate surface area is 176 Å². The van der Waals surface area contributed by atoms with Gasteiger partial charge in [0.05, 0.1) is 13.2 Å². The molecule has 0 aromatic heterocycles. The van der Waals surface area contributed by atoms with Crippen LogP contribution in [0.25, 0.3) is 0 Å². The Kier molecular flexibility index (Phi) is 8.55. The van der Waals surface area contributed by atoms with Gasteiger partial charge in [0.1, 0.15) is 6.04 Å². The van der Waals surface area contributed by atoms with Crippen LogP contribution in [0, 0.1) is 5.92 Å². The maximum absolute atomic E-state index is 12.8. The second kappa shape index (κ2) is 11.1. The quantitative estimate of drug-likeness (QED) is 0.548. The minimum absolute atomic E-state index is 0.192. The minimum Gasteiger partial charge on any atom is -0.467 e. The van der Waals surface area contributed by atoms with Gasteiger partial charge in [-0.25, -0.2) is 4.79 Å². The summed E-state index contributed by atoms with van der Waals surface area (Å²) in [5.74, 6) is -1.98. The van der Waals surface area contributed by atoms with Crippen molar-refractivity contribution < 1.29 is 24.2 Å². The van der Waals surface area contributed by atoms with E-state index >= 15 is 0 Å². The summed E-state index contributed by atoms with van der Waals surface area (Å²) in [4.78, 5) is 37.6. The fraction of sp³-hybridized carbons (Fsp3) is 0.348. The maximum Gasteiger partial charge on any atom is 0.328 e. The molecule has 3 N–H and O–H groups in total. The van der Waals surface area contributed by atoms with Crippen molar-refractivity contribution in [1.82, 2.24) is 10.6 Å². The molecule has 0 saturated carbocycles. The van der Waals surface area contributed by atoms with Gasteiger partial charge in [-0.3, -0.25) is 9.59 Å². The normalized spacial score (nSPS) is 14.7. The lowest BCUT2D eigenvalue weighted by Gasteiger charge is -2.27. The summed E-state index contributed by atoms with van der Waals surface area (Å²) < 4.78 is 4.78. The zero-order valence-corrected chi connectivity index (χ0v) is 17.4. The highest BCUT2D eigenvalue weighted by atomic mass is 16.5. The highest BCUT2D eigenvalue weighted by Gasteiger charge is 2.34. The van der Waals surface area contributed by atoms with E-state index in [1.54, 1.807) is 67.6 Å². The van der Waals surface area contributed by atoms with Crippen LogP contribution in [0.3, 0.4) is 0 Å². The first-order valence-corrected chi connectivity index (χ1v) is 9.86. The highest BCUT2D eigenvalue weighted by Crippen LogP contribution is 2.19. The molecule has 7 nitrogen and oxygen atoms in total. The summed E-state index contributed by atoms with van der Waals surface area (Å²) in [6, 6.07) is 15.3. The number of aliphatic hydroxyl groups is 1. The molecule has 4 atom stereocenters. The molecule has 2 amide bonds. The molecule has 0 fully saturated rings. The van der Waals surface area contributed by atoms with Gasteiger partial charge >= 0.3 is 5.97 Å². The third kappa shape index (κ3) is 5.90. The average molecular weight is 412 g/mol. The zero-order valence-electron chi connectivity index (χ0n) is 17.4. The lowest BCUT2D eigenvalue weighted by molar-refractivity contribution is -0.148. The Morgan fingerprint density at radius 3 is 2.07 bits per heavy atom. The van der Waals surface area contributed by atoms with Crippen LogP contribution in [0.1, 0.15) is 42.2 Å². The van der Waals surface area contributed by atoms with Crippen LogP contribution in [0.15, 0.2) is 60.7 Å². The van der Waals surface area contributed by atoms with Crippen LogP contribution in [0.2, 0.25) is 0 Å². The number of hydrogen-bond acceptors (Lipinski definition) is 5. The summed E-state index contributed by atoms with van der Waals surface area (Å²) in [6.45, 7) is 3.69. The standard InChI is InChI=1S/C23H28N2O5/c1-4-15(2)18(23(29)30-3)24-22(28)20(26)19(16-11-7-5-8-12-16)25-21(27)17-13-9-6-10-14-17/h5-15,18-20,26H,4H2,1-3H3,(H,24,28)(H,25,27)/t15-,18+,19-,20+/m0/s1. The van der Waals surface area contributed by atoms with Crippen LogP contribution in [-0.2, 0) is 14.3 Å². The second-order valence-electron chi connectivity index (χ2n) is 7.07. The molecule has 7 heteroatoms. The first-order chi connectivity index (χ1) is 14.4. The fourth-order valence-electron chi connectivity index (χ4n) is 3.01. The average Bonchev–Trinajstić information content (AvgIpc) is 2.80. The summed E-state index contributed by atoms with van der Waals surface area (Å²) in [5.41, 5.74) is 0.959. The van der Waals surface area contributed by atoms with Gasteiger partial charge in [0, 0.05) is 5.56 Å². The second-order valence-corrected chi connectivity index (χ2v) is 7.07. The predicted octanol–water partition coefficient (Wildman–Crippen LogP) is 2.22. The van der Waals surface area contributed by atoms with Crippen LogP contribution < -0.4 is 10.6 Å². The van der Waals surface area contributed by atoms with Gasteiger partial charge in [-0.1, -0.05) is 68.8 Å². The summed E-state index contributed by atoms with van der Waals surface area (Å²) in [7, 11) is 1.24. The van der Waals surface area contributed by atoms with Crippen molar-refractivity contribution in [1.29, 1.82) is 0 Å². The Bertz CT molecular complexity index is 841. The first-order valence-electron chi connectivity index (χ1n) is 9.86. The van der Waals surface area contributed by atoms with Crippen molar-refractivity contribution in [2.45, 2.75) is 38.5 Å².